The van der Waals surface area contributed by atoms with Crippen LogP contribution in [0.5, 0.6) is 0 Å². The molecule has 0 aliphatic carbocycles. The van der Waals surface area contributed by atoms with Crippen LogP contribution in [0, 0.1) is 5.82 Å². The summed E-state index contributed by atoms with van der Waals surface area (Å²) < 4.78 is 12.9. The Bertz CT molecular complexity index is 941. The van der Waals surface area contributed by atoms with Crippen LogP contribution in [0.3, 0.4) is 0 Å². The number of rotatable bonds is 6. The summed E-state index contributed by atoms with van der Waals surface area (Å²) in [6, 6.07) is 15.6. The molecule has 1 atom stereocenters. The lowest BCUT2D eigenvalue weighted by atomic mass is 10.1. The van der Waals surface area contributed by atoms with Crippen molar-refractivity contribution in [3.63, 3.8) is 0 Å². The summed E-state index contributed by atoms with van der Waals surface area (Å²) in [5, 5.41) is 12.9. The third kappa shape index (κ3) is 4.42. The van der Waals surface area contributed by atoms with E-state index in [1.807, 2.05) is 30.3 Å². The first-order chi connectivity index (χ1) is 12.5. The number of pyridine rings is 1. The summed E-state index contributed by atoms with van der Waals surface area (Å²) >= 11 is 0. The number of halogens is 1. The smallest absolute Gasteiger partial charge is 0.326 e. The number of carbonyl (C=O) groups excluding carboxylic acids is 1. The number of aliphatic carboxylic acids is 1. The molecule has 0 aliphatic rings. The van der Waals surface area contributed by atoms with Crippen LogP contribution >= 0.6 is 0 Å². The van der Waals surface area contributed by atoms with Crippen molar-refractivity contribution in [1.82, 2.24) is 10.3 Å². The van der Waals surface area contributed by atoms with E-state index >= 15 is 0 Å². The molecule has 0 aliphatic heterocycles. The Kier molecular flexibility index (Phi) is 5.22. The van der Waals surface area contributed by atoms with Crippen LogP contribution in [0.4, 0.5) is 4.39 Å². The third-order valence-corrected chi connectivity index (χ3v) is 3.98. The molecule has 0 saturated heterocycles. The zero-order valence-corrected chi connectivity index (χ0v) is 13.9. The lowest BCUT2D eigenvalue weighted by Crippen LogP contribution is -2.43. The SMILES string of the molecule is O=C(Cc1ccc(F)cc1)N[C@H](Cc1ccc2ccccc2n1)C(=O)O. The van der Waals surface area contributed by atoms with Gasteiger partial charge in [-0.1, -0.05) is 36.4 Å². The van der Waals surface area contributed by atoms with E-state index in [1.54, 1.807) is 6.07 Å². The second kappa shape index (κ2) is 7.74. The molecule has 2 N–H and O–H groups in total. The van der Waals surface area contributed by atoms with E-state index in [9.17, 15) is 19.1 Å². The number of carbonyl (C=O) groups is 2. The topological polar surface area (TPSA) is 79.3 Å². The molecule has 0 fully saturated rings. The zero-order valence-electron chi connectivity index (χ0n) is 13.9. The number of nitrogens with zero attached hydrogens (tertiary/aromatic N) is 1. The molecule has 3 rings (SSSR count). The molecule has 0 spiro atoms. The highest BCUT2D eigenvalue weighted by molar-refractivity contribution is 5.85. The van der Waals surface area contributed by atoms with Gasteiger partial charge in [0.1, 0.15) is 11.9 Å². The van der Waals surface area contributed by atoms with Crippen molar-refractivity contribution in [2.45, 2.75) is 18.9 Å². The summed E-state index contributed by atoms with van der Waals surface area (Å²) in [5.74, 6) is -1.96. The molecule has 1 aromatic heterocycles. The standard InChI is InChI=1S/C20H17FN2O3/c21-15-8-5-13(6-9-15)11-19(24)23-18(20(25)26)12-16-10-7-14-3-1-2-4-17(14)22-16/h1-10,18H,11-12H2,(H,23,24)(H,25,26)/t18-/m1/s1. The zero-order chi connectivity index (χ0) is 18.5. The van der Waals surface area contributed by atoms with Gasteiger partial charge in [0.2, 0.25) is 5.91 Å². The van der Waals surface area contributed by atoms with Gasteiger partial charge in [0.25, 0.3) is 0 Å². The van der Waals surface area contributed by atoms with Gasteiger partial charge in [-0.2, -0.15) is 0 Å². The third-order valence-electron chi connectivity index (χ3n) is 3.98. The van der Waals surface area contributed by atoms with Crippen molar-refractivity contribution < 1.29 is 19.1 Å². The van der Waals surface area contributed by atoms with Crippen molar-refractivity contribution in [3.8, 4) is 0 Å². The number of para-hydroxylation sites is 1. The maximum absolute atomic E-state index is 12.9. The van der Waals surface area contributed by atoms with E-state index in [2.05, 4.69) is 10.3 Å². The molecule has 0 radical (unpaired) electrons. The van der Waals surface area contributed by atoms with Gasteiger partial charge < -0.3 is 10.4 Å². The molecule has 0 unspecified atom stereocenters. The molecule has 6 heteroatoms. The minimum absolute atomic E-state index is 0.0186. The lowest BCUT2D eigenvalue weighted by Gasteiger charge is -2.14. The maximum atomic E-state index is 12.9. The fraction of sp³-hybridized carbons (Fsp3) is 0.150. The van der Waals surface area contributed by atoms with E-state index in [1.165, 1.54) is 24.3 Å². The second-order valence-electron chi connectivity index (χ2n) is 5.96. The molecule has 0 saturated carbocycles. The quantitative estimate of drug-likeness (QED) is 0.715. The minimum atomic E-state index is -1.13. The van der Waals surface area contributed by atoms with Gasteiger partial charge in [0.15, 0.2) is 0 Å². The van der Waals surface area contributed by atoms with E-state index in [-0.39, 0.29) is 18.7 Å². The van der Waals surface area contributed by atoms with Gasteiger partial charge >= 0.3 is 5.97 Å². The summed E-state index contributed by atoms with van der Waals surface area (Å²) in [5.41, 5.74) is 1.96. The molecule has 26 heavy (non-hydrogen) atoms. The largest absolute Gasteiger partial charge is 0.480 e. The number of benzene rings is 2. The van der Waals surface area contributed by atoms with Gasteiger partial charge in [0, 0.05) is 17.5 Å². The molecular formula is C20H17FN2O3. The van der Waals surface area contributed by atoms with E-state index in [4.69, 9.17) is 0 Å². The number of hydrogen-bond donors (Lipinski definition) is 2. The Morgan fingerprint density at radius 3 is 2.50 bits per heavy atom. The molecule has 1 heterocycles. The number of fused-ring (bicyclic) bond motifs is 1. The predicted molar refractivity (Wildman–Crippen MR) is 95.1 cm³/mol. The van der Waals surface area contributed by atoms with Gasteiger partial charge in [-0.3, -0.25) is 9.78 Å². The second-order valence-corrected chi connectivity index (χ2v) is 5.96. The summed E-state index contributed by atoms with van der Waals surface area (Å²) in [6.45, 7) is 0. The molecule has 1 amide bonds. The number of hydrogen-bond acceptors (Lipinski definition) is 3. The van der Waals surface area contributed by atoms with Crippen molar-refractivity contribution in [2.24, 2.45) is 0 Å². The van der Waals surface area contributed by atoms with Gasteiger partial charge in [-0.25, -0.2) is 9.18 Å². The first-order valence-corrected chi connectivity index (χ1v) is 8.12. The average molecular weight is 352 g/mol. The first kappa shape index (κ1) is 17.5. The van der Waals surface area contributed by atoms with E-state index < -0.39 is 17.9 Å². The molecule has 0 bridgehead atoms. The van der Waals surface area contributed by atoms with Crippen LogP contribution in [0.1, 0.15) is 11.3 Å². The van der Waals surface area contributed by atoms with Crippen molar-refractivity contribution in [2.75, 3.05) is 0 Å². The summed E-state index contributed by atoms with van der Waals surface area (Å²) in [4.78, 5) is 28.1. The fourth-order valence-electron chi connectivity index (χ4n) is 2.66. The highest BCUT2D eigenvalue weighted by Gasteiger charge is 2.21. The Balaban J connectivity index is 1.68. The lowest BCUT2D eigenvalue weighted by molar-refractivity contribution is -0.141. The van der Waals surface area contributed by atoms with Crippen molar-refractivity contribution >= 4 is 22.8 Å². The van der Waals surface area contributed by atoms with Crippen LogP contribution in [0.2, 0.25) is 0 Å². The monoisotopic (exact) mass is 352 g/mol. The average Bonchev–Trinajstić information content (AvgIpc) is 2.63. The molecular weight excluding hydrogens is 335 g/mol. The number of amides is 1. The molecule has 132 valence electrons. The van der Waals surface area contributed by atoms with Crippen LogP contribution in [0.25, 0.3) is 10.9 Å². The van der Waals surface area contributed by atoms with E-state index in [0.29, 0.717) is 11.3 Å². The number of aromatic nitrogens is 1. The number of carboxylic acids is 1. The predicted octanol–water partition coefficient (Wildman–Crippen LogP) is 2.73. The Labute approximate surface area is 149 Å². The Morgan fingerprint density at radius 1 is 1.04 bits per heavy atom. The van der Waals surface area contributed by atoms with Gasteiger partial charge in [-0.05, 0) is 29.8 Å². The van der Waals surface area contributed by atoms with Crippen molar-refractivity contribution in [1.29, 1.82) is 0 Å². The number of nitrogens with one attached hydrogen (secondary N) is 1. The highest BCUT2D eigenvalue weighted by atomic mass is 19.1. The van der Waals surface area contributed by atoms with E-state index in [0.717, 1.165) is 10.9 Å². The maximum Gasteiger partial charge on any atom is 0.326 e. The van der Waals surface area contributed by atoms with Crippen LogP contribution in [0.15, 0.2) is 60.7 Å². The molecule has 2 aromatic carbocycles. The first-order valence-electron chi connectivity index (χ1n) is 8.12. The Morgan fingerprint density at radius 2 is 1.77 bits per heavy atom. The number of carboxylic acid groups (broad SMARTS) is 1. The van der Waals surface area contributed by atoms with Crippen LogP contribution in [-0.4, -0.2) is 28.0 Å². The van der Waals surface area contributed by atoms with Crippen LogP contribution in [-0.2, 0) is 22.4 Å². The Hall–Kier alpha value is -3.28. The fourth-order valence-corrected chi connectivity index (χ4v) is 2.66. The molecule has 3 aromatic rings. The van der Waals surface area contributed by atoms with Gasteiger partial charge in [0.05, 0.1) is 11.9 Å². The van der Waals surface area contributed by atoms with Crippen LogP contribution < -0.4 is 5.32 Å². The van der Waals surface area contributed by atoms with Gasteiger partial charge in [-0.15, -0.1) is 0 Å². The van der Waals surface area contributed by atoms with Crippen molar-refractivity contribution in [3.05, 3.63) is 77.7 Å². The summed E-state index contributed by atoms with van der Waals surface area (Å²) in [6.07, 6.45) is 0.0601. The molecule has 5 nitrogen and oxygen atoms in total. The minimum Gasteiger partial charge on any atom is -0.480 e. The highest BCUT2D eigenvalue weighted by Crippen LogP contribution is 2.13. The summed E-state index contributed by atoms with van der Waals surface area (Å²) in [7, 11) is 0. The normalized spacial score (nSPS) is 11.9.